The molecule has 1 aromatic heterocycles. The summed E-state index contributed by atoms with van der Waals surface area (Å²) >= 11 is 12.3. The first kappa shape index (κ1) is 16.0. The lowest BCUT2D eigenvalue weighted by molar-refractivity contribution is -0.112. The molecule has 0 radical (unpaired) electrons. The summed E-state index contributed by atoms with van der Waals surface area (Å²) in [5, 5.41) is 1.14. The maximum absolute atomic E-state index is 12.5. The lowest BCUT2D eigenvalue weighted by atomic mass is 10.1. The third kappa shape index (κ3) is 2.76. The topological polar surface area (TPSA) is 33.5 Å². The molecule has 0 N–H and O–H groups in total. The van der Waals surface area contributed by atoms with Gasteiger partial charge in [0.2, 0.25) is 0 Å². The summed E-state index contributed by atoms with van der Waals surface area (Å²) in [7, 11) is 1.77. The number of nitrogens with zero attached hydrogens (tertiary/aromatic N) is 1. The number of carbonyl (C=O) groups is 1. The lowest BCUT2D eigenvalue weighted by Gasteiger charge is -2.07. The molecule has 0 aliphatic carbocycles. The number of carbonyl (C=O) groups excluding carboxylic acids is 1. The van der Waals surface area contributed by atoms with E-state index in [-0.39, 0.29) is 5.91 Å². The van der Waals surface area contributed by atoms with Gasteiger partial charge in [0.25, 0.3) is 5.91 Å². The number of para-hydroxylation sites is 1. The molecule has 0 unspecified atom stereocenters. The van der Waals surface area contributed by atoms with Crippen LogP contribution in [0.15, 0.2) is 59.0 Å². The molecule has 4 rings (SSSR count). The first-order valence-corrected chi connectivity index (χ1v) is 8.44. The first-order chi connectivity index (χ1) is 12.0. The number of hydrogen-bond acceptors (Lipinski definition) is 2. The van der Waals surface area contributed by atoms with Gasteiger partial charge in [-0.1, -0.05) is 41.4 Å². The normalized spacial score (nSPS) is 15.1. The molecule has 0 saturated carbocycles. The Hall–Kier alpha value is -2.49. The van der Waals surface area contributed by atoms with Crippen molar-refractivity contribution in [2.45, 2.75) is 0 Å². The Bertz CT molecular complexity index is 1020. The molecule has 3 aromatic rings. The van der Waals surface area contributed by atoms with Crippen molar-refractivity contribution in [3.05, 3.63) is 76.0 Å². The Balaban J connectivity index is 1.76. The maximum Gasteiger partial charge on any atom is 0.258 e. The number of rotatable bonds is 2. The van der Waals surface area contributed by atoms with Crippen molar-refractivity contribution < 1.29 is 9.21 Å². The Morgan fingerprint density at radius 3 is 2.64 bits per heavy atom. The summed E-state index contributed by atoms with van der Waals surface area (Å²) in [5.74, 6) is 1.13. The molecular weight excluding hydrogens is 357 g/mol. The van der Waals surface area contributed by atoms with Crippen molar-refractivity contribution in [2.75, 3.05) is 11.9 Å². The second kappa shape index (κ2) is 6.10. The fourth-order valence-corrected chi connectivity index (χ4v) is 3.33. The van der Waals surface area contributed by atoms with Crippen LogP contribution in [-0.2, 0) is 4.79 Å². The minimum atomic E-state index is -0.0556. The van der Waals surface area contributed by atoms with Crippen molar-refractivity contribution in [1.29, 1.82) is 0 Å². The largest absolute Gasteiger partial charge is 0.457 e. The molecule has 2 heterocycles. The predicted octanol–water partition coefficient (Wildman–Crippen LogP) is 5.77. The zero-order valence-corrected chi connectivity index (χ0v) is 14.8. The molecule has 1 amide bonds. The van der Waals surface area contributed by atoms with Crippen LogP contribution in [0.3, 0.4) is 0 Å². The Kier molecular flexibility index (Phi) is 3.91. The number of fused-ring (bicyclic) bond motifs is 1. The molecule has 124 valence electrons. The molecule has 0 spiro atoms. The maximum atomic E-state index is 12.5. The van der Waals surface area contributed by atoms with Gasteiger partial charge in [-0.05, 0) is 42.5 Å². The summed E-state index contributed by atoms with van der Waals surface area (Å²) in [6.07, 6.45) is 1.76. The third-order valence-electron chi connectivity index (χ3n) is 4.20. The molecule has 1 aliphatic heterocycles. The van der Waals surface area contributed by atoms with Crippen LogP contribution in [0.1, 0.15) is 11.3 Å². The third-order valence-corrected chi connectivity index (χ3v) is 4.76. The van der Waals surface area contributed by atoms with E-state index in [0.717, 1.165) is 11.3 Å². The number of benzene rings is 2. The van der Waals surface area contributed by atoms with Crippen LogP contribution in [0, 0.1) is 0 Å². The van der Waals surface area contributed by atoms with Gasteiger partial charge < -0.3 is 9.32 Å². The minimum Gasteiger partial charge on any atom is -0.457 e. The van der Waals surface area contributed by atoms with Crippen LogP contribution in [0.4, 0.5) is 5.69 Å². The van der Waals surface area contributed by atoms with E-state index in [1.54, 1.807) is 36.2 Å². The van der Waals surface area contributed by atoms with Crippen LogP contribution in [0.2, 0.25) is 10.0 Å². The highest BCUT2D eigenvalue weighted by Crippen LogP contribution is 2.37. The number of hydrogen-bond donors (Lipinski definition) is 0. The molecule has 1 aliphatic rings. The summed E-state index contributed by atoms with van der Waals surface area (Å²) in [6.45, 7) is 0. The molecule has 0 saturated heterocycles. The average Bonchev–Trinajstić information content (AvgIpc) is 3.17. The molecule has 0 atom stereocenters. The van der Waals surface area contributed by atoms with Crippen molar-refractivity contribution in [3.8, 4) is 11.3 Å². The summed E-state index contributed by atoms with van der Waals surface area (Å²) in [5.41, 5.74) is 3.11. The molecule has 0 bridgehead atoms. The lowest BCUT2D eigenvalue weighted by Crippen LogP contribution is -2.20. The standard InChI is InChI=1S/C20H13Cl2NO2/c1-23-18-5-3-2-4-14(18)15(20(23)24)11-13-7-9-19(25-13)16-10-12(21)6-8-17(16)22/h2-11H,1H3/b15-11+. The predicted molar refractivity (Wildman–Crippen MR) is 102 cm³/mol. The van der Waals surface area contributed by atoms with Gasteiger partial charge in [-0.25, -0.2) is 0 Å². The molecule has 3 nitrogen and oxygen atoms in total. The second-order valence-electron chi connectivity index (χ2n) is 5.77. The Morgan fingerprint density at radius 1 is 1.00 bits per heavy atom. The number of likely N-dealkylation sites (N-methyl/N-ethyl adjacent to an activating group) is 1. The van der Waals surface area contributed by atoms with Gasteiger partial charge in [-0.2, -0.15) is 0 Å². The molecule has 25 heavy (non-hydrogen) atoms. The number of halogens is 2. The fraction of sp³-hybridized carbons (Fsp3) is 0.0500. The van der Waals surface area contributed by atoms with Crippen LogP contribution in [0.5, 0.6) is 0 Å². The van der Waals surface area contributed by atoms with Crippen LogP contribution >= 0.6 is 23.2 Å². The number of anilines is 1. The Morgan fingerprint density at radius 2 is 1.80 bits per heavy atom. The number of furan rings is 1. The van der Waals surface area contributed by atoms with Crippen LogP contribution in [0.25, 0.3) is 23.0 Å². The van der Waals surface area contributed by atoms with Gasteiger partial charge in [0.15, 0.2) is 0 Å². The molecule has 5 heteroatoms. The van der Waals surface area contributed by atoms with Crippen LogP contribution in [-0.4, -0.2) is 13.0 Å². The van der Waals surface area contributed by atoms with E-state index in [9.17, 15) is 4.79 Å². The van der Waals surface area contributed by atoms with E-state index < -0.39 is 0 Å². The first-order valence-electron chi connectivity index (χ1n) is 7.69. The van der Waals surface area contributed by atoms with Gasteiger partial charge in [-0.3, -0.25) is 4.79 Å². The van der Waals surface area contributed by atoms with Crippen LogP contribution < -0.4 is 4.90 Å². The second-order valence-corrected chi connectivity index (χ2v) is 6.61. The highest BCUT2D eigenvalue weighted by atomic mass is 35.5. The smallest absolute Gasteiger partial charge is 0.258 e. The van der Waals surface area contributed by atoms with Crippen molar-refractivity contribution in [1.82, 2.24) is 0 Å². The van der Waals surface area contributed by atoms with E-state index in [4.69, 9.17) is 27.6 Å². The zero-order valence-electron chi connectivity index (χ0n) is 13.3. The van der Waals surface area contributed by atoms with Crippen molar-refractivity contribution in [2.24, 2.45) is 0 Å². The van der Waals surface area contributed by atoms with Gasteiger partial charge in [-0.15, -0.1) is 0 Å². The van der Waals surface area contributed by atoms with Crippen molar-refractivity contribution >= 4 is 46.4 Å². The Labute approximate surface area is 155 Å². The van der Waals surface area contributed by atoms with E-state index in [2.05, 4.69) is 0 Å². The fourth-order valence-electron chi connectivity index (χ4n) is 2.94. The van der Waals surface area contributed by atoms with E-state index >= 15 is 0 Å². The van der Waals surface area contributed by atoms with E-state index in [1.165, 1.54) is 0 Å². The van der Waals surface area contributed by atoms with E-state index in [0.29, 0.717) is 32.7 Å². The van der Waals surface area contributed by atoms with Gasteiger partial charge >= 0.3 is 0 Å². The summed E-state index contributed by atoms with van der Waals surface area (Å²) in [4.78, 5) is 14.2. The monoisotopic (exact) mass is 369 g/mol. The summed E-state index contributed by atoms with van der Waals surface area (Å²) in [6, 6.07) is 16.5. The van der Waals surface area contributed by atoms with Crippen molar-refractivity contribution in [3.63, 3.8) is 0 Å². The highest BCUT2D eigenvalue weighted by molar-refractivity contribution is 6.36. The molecule has 2 aromatic carbocycles. The van der Waals surface area contributed by atoms with Gasteiger partial charge in [0.1, 0.15) is 11.5 Å². The van der Waals surface area contributed by atoms with Gasteiger partial charge in [0.05, 0.1) is 16.3 Å². The minimum absolute atomic E-state index is 0.0556. The zero-order chi connectivity index (χ0) is 17.6. The average molecular weight is 370 g/mol. The quantitative estimate of drug-likeness (QED) is 0.537. The highest BCUT2D eigenvalue weighted by Gasteiger charge is 2.29. The molecule has 0 fully saturated rings. The summed E-state index contributed by atoms with van der Waals surface area (Å²) < 4.78 is 5.88. The number of amides is 1. The van der Waals surface area contributed by atoms with Gasteiger partial charge in [0, 0.05) is 23.2 Å². The van der Waals surface area contributed by atoms with E-state index in [1.807, 2.05) is 36.4 Å². The SMILES string of the molecule is CN1C(=O)/C(=C/c2ccc(-c3cc(Cl)ccc3Cl)o2)c2ccccc21. The molecular formula is C20H13Cl2NO2.